The van der Waals surface area contributed by atoms with Crippen molar-refractivity contribution in [3.05, 3.63) is 59.7 Å². The molecule has 0 spiro atoms. The van der Waals surface area contributed by atoms with Gasteiger partial charge in [0.2, 0.25) is 41.4 Å². The minimum Gasteiger partial charge on any atom is -0.508 e. The fourth-order valence-electron chi connectivity index (χ4n) is 6.08. The Kier molecular flexibility index (Phi) is 22.1. The maximum atomic E-state index is 13.7. The number of phenolic OH excluding ortho intramolecular Hbond substituents is 2. The van der Waals surface area contributed by atoms with E-state index in [1.165, 1.54) is 43.3 Å². The van der Waals surface area contributed by atoms with Gasteiger partial charge in [0, 0.05) is 6.42 Å². The van der Waals surface area contributed by atoms with Crippen LogP contribution >= 0.6 is 0 Å². The zero-order valence-corrected chi connectivity index (χ0v) is 36.4. The van der Waals surface area contributed by atoms with E-state index >= 15 is 0 Å². The summed E-state index contributed by atoms with van der Waals surface area (Å²) in [5.74, 6) is -8.43. The number of aliphatic hydroxyl groups excluding tert-OH is 3. The largest absolute Gasteiger partial charge is 0.508 e. The van der Waals surface area contributed by atoms with Crippen molar-refractivity contribution >= 4 is 47.3 Å². The van der Waals surface area contributed by atoms with Crippen LogP contribution in [0.2, 0.25) is 0 Å². The molecule has 0 saturated heterocycles. The molecule has 0 bridgehead atoms. The molecule has 8 atom stereocenters. The second kappa shape index (κ2) is 26.3. The molecular weight excluding hydrogens is 841 g/mol. The first-order valence-electron chi connectivity index (χ1n) is 20.6. The van der Waals surface area contributed by atoms with E-state index in [9.17, 15) is 69.0 Å². The van der Waals surface area contributed by atoms with Gasteiger partial charge in [0.1, 0.15) is 53.8 Å². The average molecular weight is 903 g/mol. The fraction of sp³-hybridized carbons (Fsp3) is 0.524. The Balaban J connectivity index is 2.16. The quantitative estimate of drug-likeness (QED) is 0.0442. The van der Waals surface area contributed by atoms with Crippen LogP contribution in [0.15, 0.2) is 48.5 Å². The highest BCUT2D eigenvalue weighted by Crippen LogP contribution is 2.14. The molecule has 22 heteroatoms. The summed E-state index contributed by atoms with van der Waals surface area (Å²) in [5, 5.41) is 74.7. The van der Waals surface area contributed by atoms with Crippen LogP contribution in [-0.2, 0) is 51.2 Å². The predicted molar refractivity (Wildman–Crippen MR) is 229 cm³/mol. The van der Waals surface area contributed by atoms with Crippen LogP contribution in [0.5, 0.6) is 11.5 Å². The van der Waals surface area contributed by atoms with Gasteiger partial charge in [-0.05, 0) is 73.4 Å². The first kappa shape index (κ1) is 53.8. The van der Waals surface area contributed by atoms with Crippen molar-refractivity contribution in [1.29, 1.82) is 0 Å². The number of benzene rings is 2. The van der Waals surface area contributed by atoms with Crippen LogP contribution in [0.3, 0.4) is 0 Å². The minimum absolute atomic E-state index is 0.00528. The molecule has 15 N–H and O–H groups in total. The van der Waals surface area contributed by atoms with E-state index in [0.717, 1.165) is 0 Å². The highest BCUT2D eigenvalue weighted by Gasteiger charge is 2.34. The Morgan fingerprint density at radius 1 is 0.453 bits per heavy atom. The average Bonchev–Trinajstić information content (AvgIpc) is 3.23. The van der Waals surface area contributed by atoms with E-state index in [4.69, 9.17) is 5.73 Å². The van der Waals surface area contributed by atoms with Gasteiger partial charge in [-0.2, -0.15) is 0 Å². The van der Waals surface area contributed by atoms with E-state index < -0.39 is 115 Å². The summed E-state index contributed by atoms with van der Waals surface area (Å²) in [6.07, 6.45) is -0.136. The van der Waals surface area contributed by atoms with Gasteiger partial charge in [0.15, 0.2) is 0 Å². The Hall–Kier alpha value is -6.36. The standard InChI is InChI=1S/C42H62N8O14/c1-21(2)14-29(45-35(56)23(5)44-40(61)32(18-51)48-36(57)28(43)16-24-6-10-26(54)11-7-24)38(59)49-33(19-52)41(62)46-30(15-22(3)4)37(58)47-31(17-25-8-12-27(55)13-9-25)39(60)50-34(20-53)42(63)64/h6-13,21-23,28-34,51-55H,14-20,43H2,1-5H3,(H,44,61)(H,45,56)(H,46,62)(H,47,58)(H,48,57)(H,49,59)(H,50,60)(H,63,64)/t23-,28-,29-,30-,31-,32-,33-,34-/m0/s1. The van der Waals surface area contributed by atoms with E-state index in [1.807, 2.05) is 0 Å². The fourth-order valence-corrected chi connectivity index (χ4v) is 6.08. The van der Waals surface area contributed by atoms with E-state index in [1.54, 1.807) is 39.8 Å². The van der Waals surface area contributed by atoms with Crippen LogP contribution in [-0.4, -0.2) is 146 Å². The van der Waals surface area contributed by atoms with Gasteiger partial charge in [-0.15, -0.1) is 0 Å². The topological polar surface area (TPSA) is 368 Å². The SMILES string of the molecule is CC(C)C[C@H](NC(=O)[C@H](C)NC(=O)[C@H](CO)NC(=O)[C@@H](N)Cc1ccc(O)cc1)C(=O)N[C@@H](CO)C(=O)N[C@@H](CC(C)C)C(=O)N[C@@H](Cc1ccc(O)cc1)C(=O)N[C@@H](CO)C(=O)O. The van der Waals surface area contributed by atoms with E-state index in [-0.39, 0.29) is 49.0 Å². The van der Waals surface area contributed by atoms with Crippen molar-refractivity contribution < 1.29 is 69.0 Å². The lowest BCUT2D eigenvalue weighted by Gasteiger charge is -2.28. The number of hydrogen-bond acceptors (Lipinski definition) is 14. The number of nitrogens with one attached hydrogen (secondary N) is 7. The minimum atomic E-state index is -1.70. The molecule has 7 amide bonds. The van der Waals surface area contributed by atoms with Crippen molar-refractivity contribution in [2.24, 2.45) is 17.6 Å². The van der Waals surface area contributed by atoms with Gasteiger partial charge in [-0.25, -0.2) is 4.79 Å². The lowest BCUT2D eigenvalue weighted by Crippen LogP contribution is -2.61. The van der Waals surface area contributed by atoms with Gasteiger partial charge in [0.25, 0.3) is 0 Å². The molecular formula is C42H62N8O14. The lowest BCUT2D eigenvalue weighted by molar-refractivity contribution is -0.143. The van der Waals surface area contributed by atoms with Crippen LogP contribution in [0.4, 0.5) is 0 Å². The summed E-state index contributed by atoms with van der Waals surface area (Å²) in [4.78, 5) is 105. The molecule has 0 radical (unpaired) electrons. The van der Waals surface area contributed by atoms with Gasteiger partial charge in [-0.3, -0.25) is 33.6 Å². The molecule has 0 aromatic heterocycles. The summed E-state index contributed by atoms with van der Waals surface area (Å²) < 4.78 is 0. The summed E-state index contributed by atoms with van der Waals surface area (Å²) in [7, 11) is 0. The first-order valence-corrected chi connectivity index (χ1v) is 20.6. The van der Waals surface area contributed by atoms with Crippen LogP contribution in [0.25, 0.3) is 0 Å². The van der Waals surface area contributed by atoms with Crippen LogP contribution < -0.4 is 43.0 Å². The van der Waals surface area contributed by atoms with Crippen molar-refractivity contribution in [1.82, 2.24) is 37.2 Å². The highest BCUT2D eigenvalue weighted by atomic mass is 16.4. The number of nitrogens with two attached hydrogens (primary N) is 1. The van der Waals surface area contributed by atoms with Crippen molar-refractivity contribution in [3.8, 4) is 11.5 Å². The third-order valence-electron chi connectivity index (χ3n) is 9.60. The lowest BCUT2D eigenvalue weighted by atomic mass is 10.00. The number of phenols is 2. The number of aromatic hydroxyl groups is 2. The number of aliphatic hydroxyl groups is 3. The number of carbonyl (C=O) groups is 8. The molecule has 0 aliphatic rings. The maximum Gasteiger partial charge on any atom is 0.328 e. The second-order valence-corrected chi connectivity index (χ2v) is 16.1. The molecule has 354 valence electrons. The van der Waals surface area contributed by atoms with Gasteiger partial charge >= 0.3 is 5.97 Å². The molecule has 2 rings (SSSR count). The number of carbonyl (C=O) groups excluding carboxylic acids is 7. The van der Waals surface area contributed by atoms with Crippen molar-refractivity contribution in [2.75, 3.05) is 19.8 Å². The Morgan fingerprint density at radius 2 is 0.781 bits per heavy atom. The van der Waals surface area contributed by atoms with Gasteiger partial charge in [-0.1, -0.05) is 52.0 Å². The third-order valence-corrected chi connectivity index (χ3v) is 9.60. The zero-order chi connectivity index (χ0) is 48.3. The summed E-state index contributed by atoms with van der Waals surface area (Å²) in [6, 6.07) is 0.0895. The summed E-state index contributed by atoms with van der Waals surface area (Å²) in [6.45, 7) is 5.46. The predicted octanol–water partition coefficient (Wildman–Crippen LogP) is -3.22. The normalized spacial score (nSPS) is 14.9. The summed E-state index contributed by atoms with van der Waals surface area (Å²) >= 11 is 0. The number of carboxylic acid groups (broad SMARTS) is 1. The number of carboxylic acids is 1. The summed E-state index contributed by atoms with van der Waals surface area (Å²) in [5.41, 5.74) is 7.04. The molecule has 0 heterocycles. The molecule has 2 aromatic carbocycles. The molecule has 0 unspecified atom stereocenters. The highest BCUT2D eigenvalue weighted by molar-refractivity contribution is 5.97. The molecule has 2 aromatic rings. The second-order valence-electron chi connectivity index (χ2n) is 16.1. The molecule has 64 heavy (non-hydrogen) atoms. The molecule has 0 saturated carbocycles. The van der Waals surface area contributed by atoms with Crippen molar-refractivity contribution in [2.45, 2.75) is 109 Å². The Bertz CT molecular complexity index is 1900. The zero-order valence-electron chi connectivity index (χ0n) is 36.4. The number of amides is 7. The Morgan fingerprint density at radius 3 is 1.20 bits per heavy atom. The number of hydrogen-bond donors (Lipinski definition) is 14. The van der Waals surface area contributed by atoms with Crippen molar-refractivity contribution in [3.63, 3.8) is 0 Å². The van der Waals surface area contributed by atoms with Gasteiger partial charge < -0.3 is 73.6 Å². The van der Waals surface area contributed by atoms with Crippen LogP contribution in [0.1, 0.15) is 58.6 Å². The Labute approximate surface area is 370 Å². The van der Waals surface area contributed by atoms with E-state index in [0.29, 0.717) is 11.1 Å². The van der Waals surface area contributed by atoms with Gasteiger partial charge in [0.05, 0.1) is 25.9 Å². The first-order chi connectivity index (χ1) is 30.1. The number of rotatable bonds is 26. The molecule has 0 fully saturated rings. The molecule has 0 aliphatic heterocycles. The number of aliphatic carboxylic acids is 1. The monoisotopic (exact) mass is 902 g/mol. The smallest absolute Gasteiger partial charge is 0.328 e. The molecule has 22 nitrogen and oxygen atoms in total. The van der Waals surface area contributed by atoms with Crippen LogP contribution in [0, 0.1) is 11.8 Å². The molecule has 0 aliphatic carbocycles. The maximum absolute atomic E-state index is 13.7. The third kappa shape index (κ3) is 18.2. The van der Waals surface area contributed by atoms with E-state index in [2.05, 4.69) is 37.2 Å².